The van der Waals surface area contributed by atoms with E-state index in [1.54, 1.807) is 14.2 Å². The summed E-state index contributed by atoms with van der Waals surface area (Å²) in [6, 6.07) is 12.4. The van der Waals surface area contributed by atoms with Gasteiger partial charge in [0.2, 0.25) is 0 Å². The molecule has 2 aliphatic heterocycles. The molecule has 2 N–H and O–H groups in total. The zero-order valence-electron chi connectivity index (χ0n) is 17.9. The van der Waals surface area contributed by atoms with Gasteiger partial charge in [0.1, 0.15) is 30.6 Å². The fourth-order valence-electron chi connectivity index (χ4n) is 4.69. The normalized spacial score (nSPS) is 21.5. The number of methoxy groups -OCH3 is 2. The Balaban J connectivity index is 1.37. The van der Waals surface area contributed by atoms with Crippen LogP contribution in [0.1, 0.15) is 24.4 Å². The molecule has 2 aromatic rings. The van der Waals surface area contributed by atoms with Crippen LogP contribution in [0.15, 0.2) is 42.6 Å². The summed E-state index contributed by atoms with van der Waals surface area (Å²) in [6.45, 7) is 4.81. The minimum Gasteiger partial charge on any atom is -0.497 e. The molecular formula is C23H32N4O3+2. The highest BCUT2D eigenvalue weighted by Crippen LogP contribution is 2.31. The molecule has 3 heterocycles. The summed E-state index contributed by atoms with van der Waals surface area (Å²) in [6.07, 6.45) is 4.14. The van der Waals surface area contributed by atoms with Crippen molar-refractivity contribution in [2.24, 2.45) is 0 Å². The van der Waals surface area contributed by atoms with Gasteiger partial charge in [-0.15, -0.1) is 0 Å². The molecule has 2 fully saturated rings. The van der Waals surface area contributed by atoms with Crippen LogP contribution in [0.2, 0.25) is 0 Å². The summed E-state index contributed by atoms with van der Waals surface area (Å²) >= 11 is 0. The molecule has 30 heavy (non-hydrogen) atoms. The standard InChI is InChI=1S/C23H30N4O3/c1-29-18-8-9-19(21(16-18)30-2)20-6-5-11-27(20)17-23(28)26-14-12-25(13-15-26)22-7-3-4-10-24-22/h3-4,7-10,16,20H,5-6,11-15,17H2,1-2H3/p+2/t20-/m1/s1. The van der Waals surface area contributed by atoms with Crippen LogP contribution in [-0.4, -0.2) is 64.3 Å². The van der Waals surface area contributed by atoms with Crippen LogP contribution in [-0.2, 0) is 4.79 Å². The van der Waals surface area contributed by atoms with Crippen LogP contribution in [0.5, 0.6) is 11.5 Å². The third kappa shape index (κ3) is 4.36. The van der Waals surface area contributed by atoms with E-state index >= 15 is 0 Å². The summed E-state index contributed by atoms with van der Waals surface area (Å²) in [5.74, 6) is 3.00. The number of ether oxygens (including phenoxy) is 2. The number of likely N-dealkylation sites (tertiary alicyclic amines) is 1. The Bertz CT molecular complexity index is 853. The molecule has 1 amide bonds. The highest BCUT2D eigenvalue weighted by molar-refractivity contribution is 5.77. The average molecular weight is 413 g/mol. The number of aromatic nitrogens is 1. The molecule has 0 spiro atoms. The number of benzene rings is 1. The number of rotatable bonds is 6. The van der Waals surface area contributed by atoms with Crippen molar-refractivity contribution in [1.82, 2.24) is 4.90 Å². The van der Waals surface area contributed by atoms with E-state index in [0.29, 0.717) is 6.54 Å². The van der Waals surface area contributed by atoms with Gasteiger partial charge in [-0.05, 0) is 18.2 Å². The first-order chi connectivity index (χ1) is 14.7. The zero-order valence-corrected chi connectivity index (χ0v) is 17.9. The molecule has 1 unspecified atom stereocenters. The summed E-state index contributed by atoms with van der Waals surface area (Å²) < 4.78 is 11.0. The van der Waals surface area contributed by atoms with Gasteiger partial charge in [0.25, 0.3) is 11.7 Å². The quantitative estimate of drug-likeness (QED) is 0.754. The Labute approximate surface area is 178 Å². The number of quaternary nitrogens is 1. The van der Waals surface area contributed by atoms with Crippen LogP contribution in [0.4, 0.5) is 5.82 Å². The molecule has 1 aromatic heterocycles. The monoisotopic (exact) mass is 412 g/mol. The zero-order chi connectivity index (χ0) is 20.9. The lowest BCUT2D eigenvalue weighted by molar-refractivity contribution is -0.910. The van der Waals surface area contributed by atoms with Gasteiger partial charge in [-0.3, -0.25) is 9.69 Å². The number of hydrogen-bond acceptors (Lipinski definition) is 4. The Morgan fingerprint density at radius 3 is 2.67 bits per heavy atom. The number of aromatic amines is 1. The predicted molar refractivity (Wildman–Crippen MR) is 114 cm³/mol. The molecule has 0 radical (unpaired) electrons. The number of H-pyrrole nitrogens is 1. The summed E-state index contributed by atoms with van der Waals surface area (Å²) in [5.41, 5.74) is 1.17. The van der Waals surface area contributed by atoms with Gasteiger partial charge in [-0.25, -0.2) is 4.98 Å². The third-order valence-corrected chi connectivity index (χ3v) is 6.34. The van der Waals surface area contributed by atoms with Crippen molar-refractivity contribution in [3.8, 4) is 11.5 Å². The highest BCUT2D eigenvalue weighted by Gasteiger charge is 2.36. The molecule has 7 nitrogen and oxygen atoms in total. The first kappa shape index (κ1) is 20.5. The van der Waals surface area contributed by atoms with Crippen molar-refractivity contribution < 1.29 is 24.2 Å². The minimum atomic E-state index is 0.251. The maximum Gasteiger partial charge on any atom is 0.278 e. The number of anilines is 1. The Morgan fingerprint density at radius 1 is 1.13 bits per heavy atom. The summed E-state index contributed by atoms with van der Waals surface area (Å²) in [7, 11) is 3.36. The highest BCUT2D eigenvalue weighted by atomic mass is 16.5. The Hall–Kier alpha value is -2.80. The average Bonchev–Trinajstić information content (AvgIpc) is 3.27. The number of piperazine rings is 1. The maximum absolute atomic E-state index is 13.1. The Morgan fingerprint density at radius 2 is 1.97 bits per heavy atom. The fraction of sp³-hybridized carbons (Fsp3) is 0.478. The van der Waals surface area contributed by atoms with Crippen molar-refractivity contribution >= 4 is 11.7 Å². The molecule has 0 aliphatic carbocycles. The molecule has 0 saturated carbocycles. The molecule has 4 rings (SSSR count). The lowest BCUT2D eigenvalue weighted by Crippen LogP contribution is -3.11. The number of hydrogen-bond donors (Lipinski definition) is 1. The van der Waals surface area contributed by atoms with Crippen LogP contribution in [0.3, 0.4) is 0 Å². The molecule has 160 valence electrons. The largest absolute Gasteiger partial charge is 0.497 e. The van der Waals surface area contributed by atoms with Crippen LogP contribution in [0, 0.1) is 0 Å². The second kappa shape index (κ2) is 9.34. The summed E-state index contributed by atoms with van der Waals surface area (Å²) in [4.78, 5) is 22.0. The first-order valence-electron chi connectivity index (χ1n) is 10.8. The van der Waals surface area contributed by atoms with Crippen molar-refractivity contribution in [2.45, 2.75) is 18.9 Å². The van der Waals surface area contributed by atoms with Gasteiger partial charge in [0.15, 0.2) is 6.54 Å². The maximum atomic E-state index is 13.1. The van der Waals surface area contributed by atoms with E-state index in [4.69, 9.17) is 9.47 Å². The van der Waals surface area contributed by atoms with Crippen molar-refractivity contribution in [3.05, 3.63) is 48.2 Å². The number of nitrogens with one attached hydrogen (secondary N) is 2. The van der Waals surface area contributed by atoms with E-state index < -0.39 is 0 Å². The van der Waals surface area contributed by atoms with Crippen LogP contribution < -0.4 is 24.3 Å². The van der Waals surface area contributed by atoms with E-state index in [1.165, 1.54) is 10.5 Å². The van der Waals surface area contributed by atoms with Crippen molar-refractivity contribution in [1.29, 1.82) is 0 Å². The molecule has 7 heteroatoms. The topological polar surface area (TPSA) is 60.6 Å². The minimum absolute atomic E-state index is 0.251. The van der Waals surface area contributed by atoms with E-state index in [0.717, 1.165) is 62.9 Å². The molecule has 2 saturated heterocycles. The van der Waals surface area contributed by atoms with Crippen molar-refractivity contribution in [3.63, 3.8) is 0 Å². The van der Waals surface area contributed by atoms with Gasteiger partial charge in [-0.1, -0.05) is 6.07 Å². The molecule has 2 aliphatic rings. The second-order valence-corrected chi connectivity index (χ2v) is 8.00. The van der Waals surface area contributed by atoms with Gasteiger partial charge >= 0.3 is 0 Å². The molecule has 0 bridgehead atoms. The fourth-order valence-corrected chi connectivity index (χ4v) is 4.69. The molecule has 2 atom stereocenters. The number of amides is 1. The smallest absolute Gasteiger partial charge is 0.278 e. The number of pyridine rings is 1. The summed E-state index contributed by atoms with van der Waals surface area (Å²) in [5, 5.41) is 0. The lowest BCUT2D eigenvalue weighted by Gasteiger charge is -2.32. The SMILES string of the molecule is COc1ccc([C@H]2CCC[NH+]2CC(=O)N2CCN(c3cccc[nH+]3)CC2)c(OC)c1. The lowest BCUT2D eigenvalue weighted by atomic mass is 10.0. The van der Waals surface area contributed by atoms with E-state index in [2.05, 4.69) is 22.0 Å². The van der Waals surface area contributed by atoms with Gasteiger partial charge in [-0.2, -0.15) is 0 Å². The van der Waals surface area contributed by atoms with E-state index in [9.17, 15) is 4.79 Å². The van der Waals surface area contributed by atoms with Crippen LogP contribution in [0.25, 0.3) is 0 Å². The Kier molecular flexibility index (Phi) is 6.38. The predicted octanol–water partition coefficient (Wildman–Crippen LogP) is 0.587. The van der Waals surface area contributed by atoms with Crippen LogP contribution >= 0.6 is 0 Å². The van der Waals surface area contributed by atoms with Gasteiger partial charge in [0.05, 0.1) is 45.6 Å². The van der Waals surface area contributed by atoms with E-state index in [1.807, 2.05) is 35.4 Å². The molecular weight excluding hydrogens is 380 g/mol. The molecule has 1 aromatic carbocycles. The first-order valence-corrected chi connectivity index (χ1v) is 10.8. The third-order valence-electron chi connectivity index (χ3n) is 6.34. The second-order valence-electron chi connectivity index (χ2n) is 8.00. The number of carbonyl (C=O) groups excluding carboxylic acids is 1. The number of nitrogens with zero attached hydrogens (tertiary/aromatic N) is 2. The van der Waals surface area contributed by atoms with Gasteiger partial charge < -0.3 is 19.3 Å². The van der Waals surface area contributed by atoms with Gasteiger partial charge in [0, 0.05) is 25.0 Å². The van der Waals surface area contributed by atoms with E-state index in [-0.39, 0.29) is 11.9 Å². The number of carbonyl (C=O) groups is 1. The van der Waals surface area contributed by atoms with Crippen molar-refractivity contribution in [2.75, 3.05) is 58.4 Å².